The van der Waals surface area contributed by atoms with Gasteiger partial charge in [0, 0.05) is 12.1 Å². The average Bonchev–Trinajstić information content (AvgIpc) is 3.34. The van der Waals surface area contributed by atoms with Crippen LogP contribution in [0.5, 0.6) is 5.75 Å². The smallest absolute Gasteiger partial charge is 0.192 e. The van der Waals surface area contributed by atoms with Gasteiger partial charge in [0.05, 0.1) is 17.2 Å². The fourth-order valence-electron chi connectivity index (χ4n) is 2.64. The largest absolute Gasteiger partial charge is 0.497 e. The summed E-state index contributed by atoms with van der Waals surface area (Å²) in [4.78, 5) is 14.0. The first-order valence-corrected chi connectivity index (χ1v) is 10.3. The third-order valence-electron chi connectivity index (χ3n) is 4.06. The maximum Gasteiger partial charge on any atom is 0.192 e. The van der Waals surface area contributed by atoms with Gasteiger partial charge in [-0.2, -0.15) is 0 Å². The predicted molar refractivity (Wildman–Crippen MR) is 106 cm³/mol. The second-order valence-corrected chi connectivity index (χ2v) is 7.75. The molecule has 2 heterocycles. The highest BCUT2D eigenvalue weighted by Crippen LogP contribution is 2.31. The zero-order chi connectivity index (χ0) is 18.5. The van der Waals surface area contributed by atoms with E-state index in [1.54, 1.807) is 18.4 Å². The minimum atomic E-state index is -0.200. The zero-order valence-corrected chi connectivity index (χ0v) is 16.6. The fourth-order valence-corrected chi connectivity index (χ4v) is 4.45. The number of hydrogen-bond acceptors (Lipinski definition) is 6. The highest BCUT2D eigenvalue weighted by atomic mass is 32.2. The molecule has 0 spiro atoms. The number of thiophene rings is 1. The number of rotatable bonds is 8. The standard InChI is InChI=1S/C19H21N3O2S2/c1-4-15(17(23)13-8-10-14(24-3)11-9-13)26-19-21-20-18(22(19)5-2)16-7-6-12-25-16/h6-12,15H,4-5H2,1-3H3. The third-order valence-corrected chi connectivity index (χ3v) is 6.27. The lowest BCUT2D eigenvalue weighted by Gasteiger charge is -2.14. The van der Waals surface area contributed by atoms with Crippen LogP contribution in [0.1, 0.15) is 30.6 Å². The molecule has 0 amide bonds. The Morgan fingerprint density at radius 3 is 2.58 bits per heavy atom. The molecule has 0 bridgehead atoms. The van der Waals surface area contributed by atoms with Gasteiger partial charge in [-0.05, 0) is 49.1 Å². The van der Waals surface area contributed by atoms with Crippen molar-refractivity contribution in [3.05, 3.63) is 47.3 Å². The van der Waals surface area contributed by atoms with E-state index >= 15 is 0 Å². The molecule has 7 heteroatoms. The van der Waals surface area contributed by atoms with Crippen LogP contribution in [-0.4, -0.2) is 32.9 Å². The van der Waals surface area contributed by atoms with Crippen molar-refractivity contribution in [2.45, 2.75) is 37.2 Å². The summed E-state index contributed by atoms with van der Waals surface area (Å²) < 4.78 is 7.23. The summed E-state index contributed by atoms with van der Waals surface area (Å²) >= 11 is 3.12. The number of ketones is 1. The summed E-state index contributed by atoms with van der Waals surface area (Å²) in [6.07, 6.45) is 0.723. The van der Waals surface area contributed by atoms with Crippen LogP contribution in [0.3, 0.4) is 0 Å². The SMILES string of the molecule is CCC(Sc1nnc(-c2cccs2)n1CC)C(=O)c1ccc(OC)cc1. The Morgan fingerprint density at radius 2 is 2.00 bits per heavy atom. The molecule has 0 saturated heterocycles. The summed E-state index contributed by atoms with van der Waals surface area (Å²) in [6, 6.07) is 11.3. The van der Waals surface area contributed by atoms with Crippen LogP contribution in [0.4, 0.5) is 0 Å². The third kappa shape index (κ3) is 3.83. The monoisotopic (exact) mass is 387 g/mol. The summed E-state index contributed by atoms with van der Waals surface area (Å²) in [5.74, 6) is 1.70. The molecule has 3 rings (SSSR count). The number of nitrogens with zero attached hydrogens (tertiary/aromatic N) is 3. The number of carbonyl (C=O) groups is 1. The molecule has 1 unspecified atom stereocenters. The topological polar surface area (TPSA) is 57.0 Å². The Hall–Kier alpha value is -2.12. The Balaban J connectivity index is 1.82. The first kappa shape index (κ1) is 18.7. The number of thioether (sulfide) groups is 1. The minimum Gasteiger partial charge on any atom is -0.497 e. The molecule has 0 aliphatic heterocycles. The predicted octanol–water partition coefficient (Wildman–Crippen LogP) is 4.79. The molecule has 1 atom stereocenters. The Labute approximate surface area is 161 Å². The maximum absolute atomic E-state index is 12.9. The van der Waals surface area contributed by atoms with Gasteiger partial charge in [-0.1, -0.05) is 24.8 Å². The summed E-state index contributed by atoms with van der Waals surface area (Å²) in [7, 11) is 1.62. The van der Waals surface area contributed by atoms with E-state index in [1.807, 2.05) is 48.7 Å². The van der Waals surface area contributed by atoms with Crippen LogP contribution in [0.25, 0.3) is 10.7 Å². The van der Waals surface area contributed by atoms with Gasteiger partial charge in [0.25, 0.3) is 0 Å². The first-order chi connectivity index (χ1) is 12.7. The van der Waals surface area contributed by atoms with Gasteiger partial charge in [-0.15, -0.1) is 21.5 Å². The van der Waals surface area contributed by atoms with Crippen molar-refractivity contribution in [3.8, 4) is 16.5 Å². The number of benzene rings is 1. The van der Waals surface area contributed by atoms with Gasteiger partial charge in [0.15, 0.2) is 16.8 Å². The fraction of sp³-hybridized carbons (Fsp3) is 0.316. The zero-order valence-electron chi connectivity index (χ0n) is 15.0. The molecule has 0 radical (unpaired) electrons. The number of hydrogen-bond donors (Lipinski definition) is 0. The molecule has 5 nitrogen and oxygen atoms in total. The van der Waals surface area contributed by atoms with Crippen LogP contribution in [0.2, 0.25) is 0 Å². The second-order valence-electron chi connectivity index (χ2n) is 5.64. The molecular formula is C19H21N3O2S2. The van der Waals surface area contributed by atoms with Gasteiger partial charge < -0.3 is 9.30 Å². The van der Waals surface area contributed by atoms with Crippen LogP contribution in [0.15, 0.2) is 46.9 Å². The van der Waals surface area contributed by atoms with Gasteiger partial charge in [0.1, 0.15) is 5.75 Å². The van der Waals surface area contributed by atoms with Crippen molar-refractivity contribution in [2.75, 3.05) is 7.11 Å². The number of ether oxygens (including phenoxy) is 1. The van der Waals surface area contributed by atoms with Gasteiger partial charge in [0.2, 0.25) is 0 Å². The van der Waals surface area contributed by atoms with Gasteiger partial charge >= 0.3 is 0 Å². The lowest BCUT2D eigenvalue weighted by Crippen LogP contribution is -2.17. The number of Topliss-reactive ketones (excluding diaryl/α,β-unsaturated/α-hetero) is 1. The summed E-state index contributed by atoms with van der Waals surface area (Å²) in [6.45, 7) is 4.85. The van der Waals surface area contributed by atoms with E-state index < -0.39 is 0 Å². The van der Waals surface area contributed by atoms with E-state index in [4.69, 9.17) is 4.74 Å². The number of carbonyl (C=O) groups excluding carboxylic acids is 1. The van der Waals surface area contributed by atoms with E-state index in [0.29, 0.717) is 5.56 Å². The van der Waals surface area contributed by atoms with Crippen molar-refractivity contribution in [1.82, 2.24) is 14.8 Å². The molecule has 0 N–H and O–H groups in total. The first-order valence-electron chi connectivity index (χ1n) is 8.49. The lowest BCUT2D eigenvalue weighted by molar-refractivity contribution is 0.0988. The minimum absolute atomic E-state index is 0.100. The van der Waals surface area contributed by atoms with Crippen LogP contribution in [0, 0.1) is 0 Å². The normalized spacial score (nSPS) is 12.1. The molecule has 26 heavy (non-hydrogen) atoms. The number of methoxy groups -OCH3 is 1. The van der Waals surface area contributed by atoms with Crippen LogP contribution < -0.4 is 4.74 Å². The van der Waals surface area contributed by atoms with Crippen LogP contribution in [-0.2, 0) is 6.54 Å². The summed E-state index contributed by atoms with van der Waals surface area (Å²) in [5, 5.41) is 11.3. The second kappa shape index (κ2) is 8.51. The summed E-state index contributed by atoms with van der Waals surface area (Å²) in [5.41, 5.74) is 0.686. The Kier molecular flexibility index (Phi) is 6.11. The molecule has 3 aromatic rings. The highest BCUT2D eigenvalue weighted by molar-refractivity contribution is 8.00. The lowest BCUT2D eigenvalue weighted by atomic mass is 10.1. The van der Waals surface area contributed by atoms with Crippen LogP contribution >= 0.6 is 23.1 Å². The van der Waals surface area contributed by atoms with Gasteiger partial charge in [-0.3, -0.25) is 4.79 Å². The quantitative estimate of drug-likeness (QED) is 0.411. The van der Waals surface area contributed by atoms with Crippen molar-refractivity contribution >= 4 is 28.9 Å². The van der Waals surface area contributed by atoms with Gasteiger partial charge in [-0.25, -0.2) is 0 Å². The Bertz CT molecular complexity index is 858. The average molecular weight is 388 g/mol. The van der Waals surface area contributed by atoms with E-state index in [0.717, 1.165) is 34.6 Å². The van der Waals surface area contributed by atoms with E-state index in [2.05, 4.69) is 21.7 Å². The van der Waals surface area contributed by atoms with Crippen molar-refractivity contribution in [3.63, 3.8) is 0 Å². The highest BCUT2D eigenvalue weighted by Gasteiger charge is 2.23. The molecule has 136 valence electrons. The molecule has 0 aliphatic carbocycles. The molecule has 1 aromatic carbocycles. The molecule has 0 aliphatic rings. The van der Waals surface area contributed by atoms with E-state index in [9.17, 15) is 4.79 Å². The molecule has 2 aromatic heterocycles. The van der Waals surface area contributed by atoms with Crippen molar-refractivity contribution in [1.29, 1.82) is 0 Å². The van der Waals surface area contributed by atoms with Crippen molar-refractivity contribution < 1.29 is 9.53 Å². The molecule has 0 fully saturated rings. The van der Waals surface area contributed by atoms with Crippen molar-refractivity contribution in [2.24, 2.45) is 0 Å². The Morgan fingerprint density at radius 1 is 1.23 bits per heavy atom. The molecular weight excluding hydrogens is 366 g/mol. The van der Waals surface area contributed by atoms with E-state index in [-0.39, 0.29) is 11.0 Å². The van der Waals surface area contributed by atoms with E-state index in [1.165, 1.54) is 11.8 Å². The number of aromatic nitrogens is 3. The molecule has 0 saturated carbocycles. The maximum atomic E-state index is 12.9.